The Bertz CT molecular complexity index is 1100. The molecule has 0 atom stereocenters. The molecule has 0 saturated carbocycles. The van der Waals surface area contributed by atoms with Gasteiger partial charge in [0.2, 0.25) is 0 Å². The number of rotatable bonds is 2. The first-order valence-electron chi connectivity index (χ1n) is 9.16. The van der Waals surface area contributed by atoms with Crippen molar-refractivity contribution in [1.82, 2.24) is 0 Å². The molecular weight excluding hydrogens is 416 g/mol. The van der Waals surface area contributed by atoms with Gasteiger partial charge in [-0.25, -0.2) is 18.6 Å². The summed E-state index contributed by atoms with van der Waals surface area (Å²) in [6, 6.07) is 34.4. The predicted octanol–water partition coefficient (Wildman–Crippen LogP) is 1.54. The Hall–Kier alpha value is -3.50. The normalized spacial score (nSPS) is 10.3. The molecule has 1 aromatic heterocycles. The Morgan fingerprint density at radius 2 is 1.03 bits per heavy atom. The van der Waals surface area contributed by atoms with Gasteiger partial charge in [0.15, 0.2) is 0 Å². The topological polar surface area (TPSA) is 104 Å². The van der Waals surface area contributed by atoms with E-state index >= 15 is 0 Å². The maximum absolute atomic E-state index is 8.49. The van der Waals surface area contributed by atoms with Gasteiger partial charge >= 0.3 is 11.5 Å². The third kappa shape index (κ3) is 7.68. The quantitative estimate of drug-likeness (QED) is 0.353. The monoisotopic (exact) mass is 432 g/mol. The summed E-state index contributed by atoms with van der Waals surface area (Å²) >= 11 is 0. The lowest BCUT2D eigenvalue weighted by molar-refractivity contribution is -2.00. The third-order valence-electron chi connectivity index (χ3n) is 4.06. The number of halogens is 1. The Balaban J connectivity index is 0.000000491. The van der Waals surface area contributed by atoms with E-state index < -0.39 is 10.2 Å². The minimum absolute atomic E-state index is 0.647. The Labute approximate surface area is 182 Å². The second-order valence-corrected chi connectivity index (χ2v) is 7.06. The van der Waals surface area contributed by atoms with Crippen LogP contribution in [0.2, 0.25) is 0 Å². The summed E-state index contributed by atoms with van der Waals surface area (Å²) in [4.78, 5) is 0. The standard InChI is InChI=1S/C25H17O.ClHO4/c1-4-10-20(11-5-1)16-17-24-18-23(21-12-6-2-7-13-21)19-25(26-24)22-14-8-3-9-15-22;2-1(3,4)5/h1-15,18-19H;(H,2,3,4,5)/q+1;/p-1. The van der Waals surface area contributed by atoms with Crippen LogP contribution in [-0.2, 0) is 0 Å². The molecule has 0 fully saturated rings. The van der Waals surface area contributed by atoms with Gasteiger partial charge in [-0.05, 0) is 29.8 Å². The molecule has 0 N–H and O–H groups in total. The van der Waals surface area contributed by atoms with Crippen LogP contribution in [-0.4, -0.2) is 0 Å². The van der Waals surface area contributed by atoms with Crippen LogP contribution in [0.1, 0.15) is 11.3 Å². The van der Waals surface area contributed by atoms with Crippen molar-refractivity contribution in [2.75, 3.05) is 0 Å². The molecule has 0 aliphatic rings. The first-order chi connectivity index (χ1) is 14.9. The van der Waals surface area contributed by atoms with E-state index in [1.165, 1.54) is 0 Å². The summed E-state index contributed by atoms with van der Waals surface area (Å²) in [5.74, 6) is 7.80. The summed E-state index contributed by atoms with van der Waals surface area (Å²) in [5, 5.41) is 0. The summed E-state index contributed by atoms with van der Waals surface area (Å²) in [7, 11) is -4.94. The van der Waals surface area contributed by atoms with Gasteiger partial charge in [0.1, 0.15) is 0 Å². The molecule has 0 radical (unpaired) electrons. The van der Waals surface area contributed by atoms with Crippen LogP contribution in [0, 0.1) is 22.1 Å². The zero-order valence-corrected chi connectivity index (χ0v) is 17.0. The molecule has 0 amide bonds. The molecule has 6 heteroatoms. The van der Waals surface area contributed by atoms with Gasteiger partial charge in [0, 0.05) is 17.0 Å². The van der Waals surface area contributed by atoms with Gasteiger partial charge in [-0.1, -0.05) is 72.7 Å². The number of benzene rings is 3. The van der Waals surface area contributed by atoms with Crippen LogP contribution in [0.25, 0.3) is 22.5 Å². The van der Waals surface area contributed by atoms with Gasteiger partial charge in [-0.3, -0.25) is 0 Å². The second-order valence-electron chi connectivity index (χ2n) is 6.30. The zero-order valence-electron chi connectivity index (χ0n) is 16.2. The molecule has 1 heterocycles. The Kier molecular flexibility index (Phi) is 7.52. The summed E-state index contributed by atoms with van der Waals surface area (Å²) < 4.78 is 40.0. The van der Waals surface area contributed by atoms with Gasteiger partial charge in [0.05, 0.1) is 17.7 Å². The fourth-order valence-electron chi connectivity index (χ4n) is 2.76. The summed E-state index contributed by atoms with van der Waals surface area (Å²) in [6.07, 6.45) is 0. The highest BCUT2D eigenvalue weighted by Gasteiger charge is 2.17. The van der Waals surface area contributed by atoms with E-state index in [0.717, 1.165) is 28.0 Å². The predicted molar refractivity (Wildman–Crippen MR) is 106 cm³/mol. The summed E-state index contributed by atoms with van der Waals surface area (Å²) in [5.41, 5.74) is 4.23. The van der Waals surface area contributed by atoms with E-state index in [1.807, 2.05) is 84.9 Å². The molecule has 0 bridgehead atoms. The van der Waals surface area contributed by atoms with Crippen molar-refractivity contribution in [2.45, 2.75) is 0 Å². The van der Waals surface area contributed by atoms with Gasteiger partial charge in [-0.15, -0.1) is 10.2 Å². The number of hydrogen-bond donors (Lipinski definition) is 0. The maximum Gasteiger partial charge on any atom is 0.405 e. The van der Waals surface area contributed by atoms with Crippen molar-refractivity contribution >= 4 is 0 Å². The largest absolute Gasteiger partial charge is 0.405 e. The van der Waals surface area contributed by atoms with Gasteiger partial charge < -0.3 is 0 Å². The first-order valence-corrected chi connectivity index (χ1v) is 10.4. The average Bonchev–Trinajstić information content (AvgIpc) is 2.78. The number of hydrogen-bond acceptors (Lipinski definition) is 4. The second kappa shape index (κ2) is 10.5. The van der Waals surface area contributed by atoms with E-state index in [2.05, 4.69) is 30.0 Å². The van der Waals surface area contributed by atoms with Crippen LogP contribution in [0.4, 0.5) is 0 Å². The molecule has 0 aliphatic heterocycles. The Morgan fingerprint density at radius 1 is 0.548 bits per heavy atom. The van der Waals surface area contributed by atoms with E-state index in [1.54, 1.807) is 0 Å². The molecule has 31 heavy (non-hydrogen) atoms. The minimum atomic E-state index is -4.94. The van der Waals surface area contributed by atoms with Crippen molar-refractivity contribution in [2.24, 2.45) is 0 Å². The third-order valence-corrected chi connectivity index (χ3v) is 4.06. The smallest absolute Gasteiger partial charge is 0.222 e. The molecule has 0 saturated heterocycles. The maximum atomic E-state index is 8.49. The SMILES string of the molecule is C(#Cc1cc(-c2ccccc2)cc(-c2ccccc2)[o+]1)c1ccccc1.[O-][Cl+3]([O-])([O-])[O-]. The minimum Gasteiger partial charge on any atom is -0.222 e. The van der Waals surface area contributed by atoms with Crippen molar-refractivity contribution < 1.29 is 33.3 Å². The first kappa shape index (κ1) is 22.2. The highest BCUT2D eigenvalue weighted by molar-refractivity contribution is 5.70. The van der Waals surface area contributed by atoms with E-state index in [-0.39, 0.29) is 0 Å². The zero-order chi connectivity index (χ0) is 22.1. The molecule has 4 rings (SSSR count). The Morgan fingerprint density at radius 3 is 1.58 bits per heavy atom. The fourth-order valence-corrected chi connectivity index (χ4v) is 2.76. The van der Waals surface area contributed by atoms with Crippen LogP contribution >= 0.6 is 0 Å². The van der Waals surface area contributed by atoms with Crippen molar-refractivity contribution in [3.05, 3.63) is 114 Å². The van der Waals surface area contributed by atoms with Crippen LogP contribution in [0.3, 0.4) is 0 Å². The van der Waals surface area contributed by atoms with Crippen LogP contribution in [0.15, 0.2) is 108 Å². The molecular formula is C25H17ClO5. The molecule has 0 spiro atoms. The van der Waals surface area contributed by atoms with Gasteiger partial charge in [-0.2, -0.15) is 4.42 Å². The summed E-state index contributed by atoms with van der Waals surface area (Å²) in [6.45, 7) is 0. The molecule has 0 unspecified atom stereocenters. The molecule has 154 valence electrons. The fraction of sp³-hybridized carbons (Fsp3) is 0. The van der Waals surface area contributed by atoms with Gasteiger partial charge in [0.25, 0.3) is 0 Å². The molecule has 0 aliphatic carbocycles. The molecule has 3 aromatic carbocycles. The highest BCUT2D eigenvalue weighted by Crippen LogP contribution is 2.28. The lowest BCUT2D eigenvalue weighted by Crippen LogP contribution is -2.68. The molecule has 5 nitrogen and oxygen atoms in total. The van der Waals surface area contributed by atoms with Crippen molar-refractivity contribution in [3.8, 4) is 34.3 Å². The highest BCUT2D eigenvalue weighted by atomic mass is 35.7. The van der Waals surface area contributed by atoms with Crippen LogP contribution in [0.5, 0.6) is 0 Å². The van der Waals surface area contributed by atoms with Crippen molar-refractivity contribution in [3.63, 3.8) is 0 Å². The van der Waals surface area contributed by atoms with E-state index in [4.69, 9.17) is 23.1 Å². The lowest BCUT2D eigenvalue weighted by atomic mass is 10.0. The lowest BCUT2D eigenvalue weighted by Gasteiger charge is -2.17. The van der Waals surface area contributed by atoms with Crippen molar-refractivity contribution in [1.29, 1.82) is 0 Å². The van der Waals surface area contributed by atoms with E-state index in [9.17, 15) is 0 Å². The average molecular weight is 433 g/mol. The molecule has 4 aromatic rings. The van der Waals surface area contributed by atoms with Crippen LogP contribution < -0.4 is 18.6 Å². The van der Waals surface area contributed by atoms with E-state index in [0.29, 0.717) is 5.76 Å².